The molecule has 0 saturated heterocycles. The molecule has 1 aromatic heterocycles. The van der Waals surface area contributed by atoms with Crippen LogP contribution in [0.3, 0.4) is 0 Å². The highest BCUT2D eigenvalue weighted by Gasteiger charge is 2.39. The van der Waals surface area contributed by atoms with Crippen LogP contribution in [0.25, 0.3) is 0 Å². The zero-order valence-electron chi connectivity index (χ0n) is 10.1. The van der Waals surface area contributed by atoms with E-state index >= 15 is 0 Å². The molecule has 0 spiro atoms. The highest BCUT2D eigenvalue weighted by atomic mass is 79.9. The van der Waals surface area contributed by atoms with Gasteiger partial charge in [0.15, 0.2) is 0 Å². The summed E-state index contributed by atoms with van der Waals surface area (Å²) in [7, 11) is 4.18. The highest BCUT2D eigenvalue weighted by Crippen LogP contribution is 2.35. The standard InChI is InChI=1S/C12H17BrN2OS/c1-15(2)12(6-3-7-12)8-14-11(16)9-4-5-10(13)17-9/h4-5H,3,6-8H2,1-2H3,(H,14,16). The molecule has 0 aliphatic heterocycles. The topological polar surface area (TPSA) is 32.3 Å². The van der Waals surface area contributed by atoms with Crippen molar-refractivity contribution < 1.29 is 4.79 Å². The molecule has 1 aromatic rings. The molecule has 1 aliphatic rings. The molecule has 1 heterocycles. The van der Waals surface area contributed by atoms with E-state index in [9.17, 15) is 4.79 Å². The lowest BCUT2D eigenvalue weighted by molar-refractivity contribution is 0.0559. The minimum absolute atomic E-state index is 0.0359. The second-order valence-corrected chi connectivity index (χ2v) is 7.22. The Hall–Kier alpha value is -0.390. The number of rotatable bonds is 4. The van der Waals surface area contributed by atoms with Crippen molar-refractivity contribution in [3.05, 3.63) is 20.8 Å². The quantitative estimate of drug-likeness (QED) is 0.926. The molecule has 0 radical (unpaired) electrons. The lowest BCUT2D eigenvalue weighted by Crippen LogP contribution is -2.57. The fraction of sp³-hybridized carbons (Fsp3) is 0.583. The van der Waals surface area contributed by atoms with Crippen LogP contribution >= 0.6 is 27.3 Å². The Morgan fingerprint density at radius 3 is 2.65 bits per heavy atom. The summed E-state index contributed by atoms with van der Waals surface area (Å²) in [6.45, 7) is 0.744. The molecule has 0 unspecified atom stereocenters. The van der Waals surface area contributed by atoms with Crippen molar-refractivity contribution in [1.29, 1.82) is 0 Å². The second kappa shape index (κ2) is 5.08. The number of nitrogens with one attached hydrogen (secondary N) is 1. The predicted molar refractivity (Wildman–Crippen MR) is 74.6 cm³/mol. The van der Waals surface area contributed by atoms with E-state index < -0.39 is 0 Å². The smallest absolute Gasteiger partial charge is 0.261 e. The van der Waals surface area contributed by atoms with E-state index in [-0.39, 0.29) is 11.4 Å². The van der Waals surface area contributed by atoms with Crippen molar-refractivity contribution in [2.75, 3.05) is 20.6 Å². The molecule has 1 amide bonds. The van der Waals surface area contributed by atoms with E-state index in [0.717, 1.165) is 15.2 Å². The van der Waals surface area contributed by atoms with Gasteiger partial charge in [0.2, 0.25) is 0 Å². The van der Waals surface area contributed by atoms with Crippen LogP contribution in [0.5, 0.6) is 0 Å². The van der Waals surface area contributed by atoms with Gasteiger partial charge in [-0.2, -0.15) is 0 Å². The third-order valence-corrected chi connectivity index (χ3v) is 5.23. The molecular formula is C12H17BrN2OS. The number of carbonyl (C=O) groups is 1. The zero-order chi connectivity index (χ0) is 12.5. The summed E-state index contributed by atoms with van der Waals surface area (Å²) in [6.07, 6.45) is 3.61. The number of thiophene rings is 1. The SMILES string of the molecule is CN(C)C1(CNC(=O)c2ccc(Br)s2)CCC1. The molecular weight excluding hydrogens is 300 g/mol. The first-order valence-corrected chi connectivity index (χ1v) is 7.35. The van der Waals surface area contributed by atoms with Gasteiger partial charge in [-0.05, 0) is 61.4 Å². The molecule has 1 aliphatic carbocycles. The summed E-state index contributed by atoms with van der Waals surface area (Å²) >= 11 is 4.84. The van der Waals surface area contributed by atoms with Crippen LogP contribution in [-0.4, -0.2) is 37.0 Å². The zero-order valence-corrected chi connectivity index (χ0v) is 12.5. The Bertz CT molecular complexity index is 412. The van der Waals surface area contributed by atoms with Gasteiger partial charge in [-0.1, -0.05) is 0 Å². The maximum atomic E-state index is 11.9. The molecule has 0 atom stereocenters. The van der Waals surface area contributed by atoms with Gasteiger partial charge in [0.25, 0.3) is 5.91 Å². The Morgan fingerprint density at radius 1 is 1.53 bits per heavy atom. The number of nitrogens with zero attached hydrogens (tertiary/aromatic N) is 1. The first kappa shape index (κ1) is 13.1. The molecule has 0 bridgehead atoms. The van der Waals surface area contributed by atoms with Gasteiger partial charge in [-0.3, -0.25) is 4.79 Å². The Kier molecular flexibility index (Phi) is 3.90. The maximum Gasteiger partial charge on any atom is 0.261 e. The molecule has 5 heteroatoms. The Morgan fingerprint density at radius 2 is 2.24 bits per heavy atom. The summed E-state index contributed by atoms with van der Waals surface area (Å²) in [4.78, 5) is 14.9. The fourth-order valence-electron chi connectivity index (χ4n) is 2.14. The third-order valence-electron chi connectivity index (χ3n) is 3.61. The third kappa shape index (κ3) is 2.72. The Labute approximate surface area is 114 Å². The van der Waals surface area contributed by atoms with Crippen LogP contribution in [0.2, 0.25) is 0 Å². The monoisotopic (exact) mass is 316 g/mol. The number of hydrogen-bond acceptors (Lipinski definition) is 3. The lowest BCUT2D eigenvalue weighted by Gasteiger charge is -2.47. The molecule has 1 N–H and O–H groups in total. The van der Waals surface area contributed by atoms with E-state index in [2.05, 4.69) is 40.2 Å². The van der Waals surface area contributed by atoms with Crippen molar-refractivity contribution >= 4 is 33.2 Å². The summed E-state index contributed by atoms with van der Waals surface area (Å²) in [6, 6.07) is 3.76. The lowest BCUT2D eigenvalue weighted by atomic mass is 9.75. The molecule has 3 nitrogen and oxygen atoms in total. The van der Waals surface area contributed by atoms with Crippen LogP contribution in [0.1, 0.15) is 28.9 Å². The van der Waals surface area contributed by atoms with Gasteiger partial charge >= 0.3 is 0 Å². The molecule has 17 heavy (non-hydrogen) atoms. The van der Waals surface area contributed by atoms with Gasteiger partial charge in [0, 0.05) is 12.1 Å². The molecule has 0 aromatic carbocycles. The highest BCUT2D eigenvalue weighted by molar-refractivity contribution is 9.11. The summed E-state index contributed by atoms with van der Waals surface area (Å²) in [5.74, 6) is 0.0359. The predicted octanol–water partition coefficient (Wildman–Crippen LogP) is 2.72. The van der Waals surface area contributed by atoms with Crippen LogP contribution in [0.4, 0.5) is 0 Å². The minimum Gasteiger partial charge on any atom is -0.349 e. The van der Waals surface area contributed by atoms with Crippen molar-refractivity contribution in [3.8, 4) is 0 Å². The number of hydrogen-bond donors (Lipinski definition) is 1. The normalized spacial score (nSPS) is 17.9. The number of halogens is 1. The van der Waals surface area contributed by atoms with Crippen LogP contribution in [0.15, 0.2) is 15.9 Å². The van der Waals surface area contributed by atoms with E-state index in [1.807, 2.05) is 12.1 Å². The van der Waals surface area contributed by atoms with Crippen LogP contribution in [0, 0.1) is 0 Å². The number of likely N-dealkylation sites (N-methyl/N-ethyl adjacent to an activating group) is 1. The van der Waals surface area contributed by atoms with Crippen LogP contribution < -0.4 is 5.32 Å². The van der Waals surface area contributed by atoms with Gasteiger partial charge < -0.3 is 10.2 Å². The first-order valence-electron chi connectivity index (χ1n) is 5.74. The fourth-order valence-corrected chi connectivity index (χ4v) is 3.44. The number of amides is 1. The van der Waals surface area contributed by atoms with Crippen molar-refractivity contribution in [1.82, 2.24) is 10.2 Å². The largest absolute Gasteiger partial charge is 0.349 e. The van der Waals surface area contributed by atoms with E-state index in [1.54, 1.807) is 0 Å². The molecule has 2 rings (SSSR count). The summed E-state index contributed by atoms with van der Waals surface area (Å²) < 4.78 is 0.994. The van der Waals surface area contributed by atoms with E-state index in [0.29, 0.717) is 0 Å². The average Bonchev–Trinajstić information content (AvgIpc) is 2.62. The number of carbonyl (C=O) groups excluding carboxylic acids is 1. The van der Waals surface area contributed by atoms with Gasteiger partial charge in [-0.15, -0.1) is 11.3 Å². The van der Waals surface area contributed by atoms with E-state index in [1.165, 1.54) is 30.6 Å². The summed E-state index contributed by atoms with van der Waals surface area (Å²) in [5.41, 5.74) is 0.185. The molecule has 1 saturated carbocycles. The average molecular weight is 317 g/mol. The van der Waals surface area contributed by atoms with E-state index in [4.69, 9.17) is 0 Å². The maximum absolute atomic E-state index is 11.9. The van der Waals surface area contributed by atoms with Crippen molar-refractivity contribution in [3.63, 3.8) is 0 Å². The first-order chi connectivity index (χ1) is 8.03. The van der Waals surface area contributed by atoms with Crippen molar-refractivity contribution in [2.45, 2.75) is 24.8 Å². The van der Waals surface area contributed by atoms with Gasteiger partial charge in [-0.25, -0.2) is 0 Å². The Balaban J connectivity index is 1.92. The summed E-state index contributed by atoms with van der Waals surface area (Å²) in [5, 5.41) is 3.05. The molecule has 1 fully saturated rings. The second-order valence-electron chi connectivity index (χ2n) is 4.76. The van der Waals surface area contributed by atoms with Gasteiger partial charge in [0.05, 0.1) is 8.66 Å². The minimum atomic E-state index is 0.0359. The molecule has 94 valence electrons. The van der Waals surface area contributed by atoms with Gasteiger partial charge in [0.1, 0.15) is 0 Å². The van der Waals surface area contributed by atoms with Crippen LogP contribution in [-0.2, 0) is 0 Å². The van der Waals surface area contributed by atoms with Crippen molar-refractivity contribution in [2.24, 2.45) is 0 Å².